The lowest BCUT2D eigenvalue weighted by atomic mass is 10.2. The molecule has 3 aromatic rings. The maximum absolute atomic E-state index is 12.6. The molecule has 0 atom stereocenters. The third kappa shape index (κ3) is 5.59. The lowest BCUT2D eigenvalue weighted by Gasteiger charge is -2.17. The molecule has 9 heteroatoms. The van der Waals surface area contributed by atoms with Crippen LogP contribution in [0.25, 0.3) is 11.4 Å². The van der Waals surface area contributed by atoms with E-state index in [2.05, 4.69) is 21.8 Å². The number of allylic oxidation sites excluding steroid dienone is 1. The number of pyridine rings is 1. The van der Waals surface area contributed by atoms with Gasteiger partial charge >= 0.3 is 0 Å². The van der Waals surface area contributed by atoms with Crippen molar-refractivity contribution in [1.29, 1.82) is 0 Å². The molecule has 3 rings (SSSR count). The van der Waals surface area contributed by atoms with Crippen LogP contribution < -0.4 is 0 Å². The second kappa shape index (κ2) is 9.91. The number of rotatable bonds is 8. The maximum Gasteiger partial charge on any atom is 0.233 e. The van der Waals surface area contributed by atoms with Crippen molar-refractivity contribution in [3.05, 3.63) is 71.0 Å². The Kier molecular flexibility index (Phi) is 7.30. The molecule has 0 aliphatic rings. The van der Waals surface area contributed by atoms with Crippen LogP contribution in [0.2, 0.25) is 10.0 Å². The standard InChI is InChI=1S/C20H19Cl2N5OS/c1-3-8-27-19(15-4-6-23-7-5-15)24-25-20(27)29-13-18(28)26(2)12-14-9-16(21)11-17(22)10-14/h3-7,9-11H,1,8,12-13H2,2H3. The van der Waals surface area contributed by atoms with Gasteiger partial charge in [-0.25, -0.2) is 0 Å². The lowest BCUT2D eigenvalue weighted by Crippen LogP contribution is -2.28. The van der Waals surface area contributed by atoms with Crippen LogP contribution in [-0.4, -0.2) is 43.4 Å². The van der Waals surface area contributed by atoms with Gasteiger partial charge in [0.2, 0.25) is 5.91 Å². The van der Waals surface area contributed by atoms with E-state index in [1.54, 1.807) is 48.6 Å². The van der Waals surface area contributed by atoms with Crippen LogP contribution in [0.3, 0.4) is 0 Å². The van der Waals surface area contributed by atoms with Gasteiger partial charge in [-0.3, -0.25) is 14.3 Å². The van der Waals surface area contributed by atoms with Gasteiger partial charge in [0.05, 0.1) is 5.75 Å². The number of carbonyl (C=O) groups is 1. The Balaban J connectivity index is 1.68. The molecule has 1 aromatic carbocycles. The first-order valence-electron chi connectivity index (χ1n) is 8.74. The average Bonchev–Trinajstić information content (AvgIpc) is 3.09. The largest absolute Gasteiger partial charge is 0.341 e. The molecule has 0 aliphatic heterocycles. The van der Waals surface area contributed by atoms with Crippen LogP contribution in [0, 0.1) is 0 Å². The van der Waals surface area contributed by atoms with Gasteiger partial charge in [0.15, 0.2) is 11.0 Å². The number of benzene rings is 1. The molecule has 2 heterocycles. The first kappa shape index (κ1) is 21.4. The molecule has 0 unspecified atom stereocenters. The zero-order valence-corrected chi connectivity index (χ0v) is 18.1. The Morgan fingerprint density at radius 1 is 1.21 bits per heavy atom. The summed E-state index contributed by atoms with van der Waals surface area (Å²) in [5.41, 5.74) is 1.78. The highest BCUT2D eigenvalue weighted by Crippen LogP contribution is 2.24. The molecule has 0 N–H and O–H groups in total. The van der Waals surface area contributed by atoms with E-state index in [0.717, 1.165) is 11.1 Å². The van der Waals surface area contributed by atoms with E-state index in [1.165, 1.54) is 11.8 Å². The van der Waals surface area contributed by atoms with Gasteiger partial charge in [0, 0.05) is 48.1 Å². The molecule has 0 aliphatic carbocycles. The normalized spacial score (nSPS) is 10.7. The molecule has 1 amide bonds. The quantitative estimate of drug-likeness (QED) is 0.373. The molecule has 6 nitrogen and oxygen atoms in total. The number of carbonyl (C=O) groups excluding carboxylic acids is 1. The van der Waals surface area contributed by atoms with E-state index in [-0.39, 0.29) is 11.7 Å². The Bertz CT molecular complexity index is 989. The summed E-state index contributed by atoms with van der Waals surface area (Å²) in [5.74, 6) is 0.907. The summed E-state index contributed by atoms with van der Waals surface area (Å²) >= 11 is 13.4. The number of thioether (sulfide) groups is 1. The Morgan fingerprint density at radius 2 is 1.90 bits per heavy atom. The average molecular weight is 448 g/mol. The molecule has 0 bridgehead atoms. The summed E-state index contributed by atoms with van der Waals surface area (Å²) in [6.45, 7) is 4.76. The highest BCUT2D eigenvalue weighted by molar-refractivity contribution is 7.99. The summed E-state index contributed by atoms with van der Waals surface area (Å²) in [4.78, 5) is 18.2. The molecular formula is C20H19Cl2N5OS. The number of amides is 1. The third-order valence-electron chi connectivity index (χ3n) is 4.06. The van der Waals surface area contributed by atoms with Gasteiger partial charge in [-0.15, -0.1) is 16.8 Å². The van der Waals surface area contributed by atoms with Gasteiger partial charge in [-0.05, 0) is 35.9 Å². The third-order valence-corrected chi connectivity index (χ3v) is 5.45. The van der Waals surface area contributed by atoms with Crippen molar-refractivity contribution in [1.82, 2.24) is 24.6 Å². The fourth-order valence-electron chi connectivity index (χ4n) is 2.70. The van der Waals surface area contributed by atoms with Gasteiger partial charge in [0.1, 0.15) is 0 Å². The van der Waals surface area contributed by atoms with Gasteiger partial charge in [-0.2, -0.15) is 0 Å². The Morgan fingerprint density at radius 3 is 2.55 bits per heavy atom. The molecule has 0 spiro atoms. The molecule has 150 valence electrons. The minimum atomic E-state index is -0.0373. The Hall–Kier alpha value is -2.35. The summed E-state index contributed by atoms with van der Waals surface area (Å²) < 4.78 is 1.93. The van der Waals surface area contributed by atoms with Crippen LogP contribution >= 0.6 is 35.0 Å². The fourth-order valence-corrected chi connectivity index (χ4v) is 4.16. The predicted molar refractivity (Wildman–Crippen MR) is 117 cm³/mol. The van der Waals surface area contributed by atoms with Crippen LogP contribution in [-0.2, 0) is 17.9 Å². The van der Waals surface area contributed by atoms with Crippen LogP contribution in [0.5, 0.6) is 0 Å². The first-order valence-corrected chi connectivity index (χ1v) is 10.5. The van der Waals surface area contributed by atoms with Crippen LogP contribution in [0.4, 0.5) is 0 Å². The number of hydrogen-bond donors (Lipinski definition) is 0. The van der Waals surface area contributed by atoms with Crippen molar-refractivity contribution in [3.63, 3.8) is 0 Å². The molecular weight excluding hydrogens is 429 g/mol. The molecule has 2 aromatic heterocycles. The molecule has 0 radical (unpaired) electrons. The second-order valence-corrected chi connectivity index (χ2v) is 8.07. The van der Waals surface area contributed by atoms with Crippen molar-refractivity contribution in [2.45, 2.75) is 18.2 Å². The number of halogens is 2. The van der Waals surface area contributed by atoms with E-state index in [1.807, 2.05) is 16.7 Å². The van der Waals surface area contributed by atoms with E-state index in [4.69, 9.17) is 23.2 Å². The predicted octanol–water partition coefficient (Wildman–Crippen LogP) is 4.58. The Labute approximate surface area is 183 Å². The monoisotopic (exact) mass is 447 g/mol. The van der Waals surface area contributed by atoms with Gasteiger partial charge in [-0.1, -0.05) is 41.0 Å². The SMILES string of the molecule is C=CCn1c(SCC(=O)N(C)Cc2cc(Cl)cc(Cl)c2)nnc1-c1ccncc1. The highest BCUT2D eigenvalue weighted by atomic mass is 35.5. The number of aromatic nitrogens is 4. The zero-order chi connectivity index (χ0) is 20.8. The minimum absolute atomic E-state index is 0.0373. The summed E-state index contributed by atoms with van der Waals surface area (Å²) in [6.07, 6.45) is 5.18. The molecule has 0 fully saturated rings. The van der Waals surface area contributed by atoms with Crippen LogP contribution in [0.15, 0.2) is 60.5 Å². The lowest BCUT2D eigenvalue weighted by molar-refractivity contribution is -0.127. The smallest absolute Gasteiger partial charge is 0.233 e. The first-order chi connectivity index (χ1) is 14.0. The molecule has 0 saturated heterocycles. The maximum atomic E-state index is 12.6. The van der Waals surface area contributed by atoms with Crippen molar-refractivity contribution in [2.24, 2.45) is 0 Å². The number of hydrogen-bond acceptors (Lipinski definition) is 5. The molecule has 29 heavy (non-hydrogen) atoms. The van der Waals surface area contributed by atoms with E-state index in [0.29, 0.717) is 34.1 Å². The topological polar surface area (TPSA) is 63.9 Å². The zero-order valence-electron chi connectivity index (χ0n) is 15.8. The second-order valence-electron chi connectivity index (χ2n) is 6.26. The summed E-state index contributed by atoms with van der Waals surface area (Å²) in [5, 5.41) is 10.3. The van der Waals surface area contributed by atoms with Crippen molar-refractivity contribution >= 4 is 40.9 Å². The van der Waals surface area contributed by atoms with E-state index < -0.39 is 0 Å². The van der Waals surface area contributed by atoms with E-state index >= 15 is 0 Å². The fraction of sp³-hybridized carbons (Fsp3) is 0.200. The molecule has 0 saturated carbocycles. The summed E-state index contributed by atoms with van der Waals surface area (Å²) in [6, 6.07) is 9.00. The van der Waals surface area contributed by atoms with Crippen molar-refractivity contribution in [2.75, 3.05) is 12.8 Å². The van der Waals surface area contributed by atoms with Gasteiger partial charge < -0.3 is 4.90 Å². The van der Waals surface area contributed by atoms with E-state index in [9.17, 15) is 4.79 Å². The van der Waals surface area contributed by atoms with Gasteiger partial charge in [0.25, 0.3) is 0 Å². The summed E-state index contributed by atoms with van der Waals surface area (Å²) in [7, 11) is 1.74. The van der Waals surface area contributed by atoms with Crippen LogP contribution in [0.1, 0.15) is 5.56 Å². The van der Waals surface area contributed by atoms with Crippen molar-refractivity contribution in [3.8, 4) is 11.4 Å². The minimum Gasteiger partial charge on any atom is -0.341 e. The highest BCUT2D eigenvalue weighted by Gasteiger charge is 2.17. The van der Waals surface area contributed by atoms with Crippen molar-refractivity contribution < 1.29 is 4.79 Å². The number of nitrogens with zero attached hydrogens (tertiary/aromatic N) is 5.